The molecule has 154 valence electrons. The number of nitrogens with one attached hydrogen (secondary N) is 1. The van der Waals surface area contributed by atoms with Crippen LogP contribution >= 0.6 is 0 Å². The van der Waals surface area contributed by atoms with Crippen molar-refractivity contribution in [3.8, 4) is 22.7 Å². The second-order valence-electron chi connectivity index (χ2n) is 8.19. The van der Waals surface area contributed by atoms with E-state index in [4.69, 9.17) is 0 Å². The summed E-state index contributed by atoms with van der Waals surface area (Å²) in [6.07, 6.45) is 8.00. The molecule has 2 aromatic heterocycles. The van der Waals surface area contributed by atoms with Crippen molar-refractivity contribution in [2.75, 3.05) is 0 Å². The second kappa shape index (κ2) is 7.65. The third-order valence-corrected chi connectivity index (χ3v) is 6.33. The highest BCUT2D eigenvalue weighted by molar-refractivity contribution is 5.70. The summed E-state index contributed by atoms with van der Waals surface area (Å²) in [5.41, 5.74) is 3.26. The normalized spacial score (nSPS) is 25.8. The van der Waals surface area contributed by atoms with Gasteiger partial charge in [-0.3, -0.25) is 0 Å². The van der Waals surface area contributed by atoms with Gasteiger partial charge >= 0.3 is 0 Å². The third kappa shape index (κ3) is 3.39. The minimum atomic E-state index is -0.949. The fourth-order valence-corrected chi connectivity index (χ4v) is 4.69. The lowest BCUT2D eigenvalue weighted by atomic mass is 9.75. The molecule has 7 heteroatoms. The number of aromatic hydroxyl groups is 1. The van der Waals surface area contributed by atoms with Crippen LogP contribution in [0.1, 0.15) is 31.4 Å². The van der Waals surface area contributed by atoms with E-state index < -0.39 is 6.17 Å². The first-order valence-electron chi connectivity index (χ1n) is 10.3. The molecule has 30 heavy (non-hydrogen) atoms. The van der Waals surface area contributed by atoms with Crippen molar-refractivity contribution in [2.45, 2.75) is 43.9 Å². The van der Waals surface area contributed by atoms with Crippen LogP contribution in [0.2, 0.25) is 0 Å². The van der Waals surface area contributed by atoms with E-state index in [1.165, 1.54) is 0 Å². The predicted octanol–water partition coefficient (Wildman–Crippen LogP) is 3.92. The van der Waals surface area contributed by atoms with Crippen molar-refractivity contribution in [1.82, 2.24) is 25.1 Å². The monoisotopic (exact) mass is 405 g/mol. The van der Waals surface area contributed by atoms with Crippen molar-refractivity contribution in [3.05, 3.63) is 61.3 Å². The molecule has 4 heterocycles. The van der Waals surface area contributed by atoms with Crippen LogP contribution in [0.4, 0.5) is 4.39 Å². The molecule has 5 rings (SSSR count). The number of imidazole rings is 1. The molecule has 2 N–H and O–H groups in total. The largest absolute Gasteiger partial charge is 0.507 e. The maximum atomic E-state index is 15.0. The van der Waals surface area contributed by atoms with Gasteiger partial charge in [-0.15, -0.1) is 5.10 Å². The lowest BCUT2D eigenvalue weighted by molar-refractivity contribution is 0.0982. The van der Waals surface area contributed by atoms with Gasteiger partial charge in [-0.2, -0.15) is 5.10 Å². The van der Waals surface area contributed by atoms with Gasteiger partial charge in [0.15, 0.2) is 0 Å². The van der Waals surface area contributed by atoms with Gasteiger partial charge in [0.2, 0.25) is 0 Å². The smallest absolute Gasteiger partial charge is 0.127 e. The summed E-state index contributed by atoms with van der Waals surface area (Å²) in [6.45, 7) is 4.16. The number of allylic oxidation sites excluding steroid dienone is 1. The van der Waals surface area contributed by atoms with Gasteiger partial charge in [-0.25, -0.2) is 9.37 Å². The highest BCUT2D eigenvalue weighted by atomic mass is 19.1. The zero-order valence-corrected chi connectivity index (χ0v) is 16.6. The number of alkyl halides is 1. The first-order valence-corrected chi connectivity index (χ1v) is 10.3. The molecule has 3 aromatic rings. The Morgan fingerprint density at radius 3 is 2.83 bits per heavy atom. The Bertz CT molecular complexity index is 1050. The SMILES string of the molecule is C=C(c1ccc(-c2ccc(-n3ccnc3)cc2O)nn1)[C@@H]1CC2CCCC(N2)[C@@H]1F. The van der Waals surface area contributed by atoms with Crippen LogP contribution in [0.5, 0.6) is 5.75 Å². The van der Waals surface area contributed by atoms with E-state index in [0.717, 1.165) is 31.4 Å². The number of phenols is 1. The summed E-state index contributed by atoms with van der Waals surface area (Å²) in [5, 5.41) is 22.5. The van der Waals surface area contributed by atoms with Gasteiger partial charge in [-0.05, 0) is 49.1 Å². The van der Waals surface area contributed by atoms with Crippen molar-refractivity contribution < 1.29 is 9.50 Å². The zero-order chi connectivity index (χ0) is 20.7. The molecular formula is C23H24FN5O. The van der Waals surface area contributed by atoms with E-state index in [0.29, 0.717) is 28.6 Å². The van der Waals surface area contributed by atoms with Crippen molar-refractivity contribution in [3.63, 3.8) is 0 Å². The molecule has 2 bridgehead atoms. The van der Waals surface area contributed by atoms with E-state index in [1.54, 1.807) is 30.7 Å². The lowest BCUT2D eigenvalue weighted by Gasteiger charge is -2.43. The van der Waals surface area contributed by atoms with Gasteiger partial charge in [0.25, 0.3) is 0 Å². The minimum Gasteiger partial charge on any atom is -0.507 e. The van der Waals surface area contributed by atoms with E-state index in [9.17, 15) is 9.50 Å². The van der Waals surface area contributed by atoms with E-state index in [2.05, 4.69) is 27.1 Å². The van der Waals surface area contributed by atoms with Gasteiger partial charge in [0, 0.05) is 42.0 Å². The van der Waals surface area contributed by atoms with Crippen LogP contribution in [-0.2, 0) is 0 Å². The molecule has 0 spiro atoms. The van der Waals surface area contributed by atoms with Gasteiger partial charge in [-0.1, -0.05) is 13.0 Å². The average Bonchev–Trinajstić information content (AvgIpc) is 3.31. The molecule has 2 saturated heterocycles. The summed E-state index contributed by atoms with van der Waals surface area (Å²) in [7, 11) is 0. The lowest BCUT2D eigenvalue weighted by Crippen LogP contribution is -2.55. The van der Waals surface area contributed by atoms with Crippen molar-refractivity contribution in [2.24, 2.45) is 5.92 Å². The molecular weight excluding hydrogens is 381 g/mol. The molecule has 2 aliphatic rings. The maximum Gasteiger partial charge on any atom is 0.127 e. The number of piperidine rings is 2. The van der Waals surface area contributed by atoms with Crippen LogP contribution in [0.25, 0.3) is 22.5 Å². The Kier molecular flexibility index (Phi) is 4.83. The number of phenolic OH excluding ortho intramolecular Hbond substituents is 1. The number of fused-ring (bicyclic) bond motifs is 2. The number of rotatable bonds is 4. The molecule has 1 aromatic carbocycles. The molecule has 0 amide bonds. The molecule has 2 unspecified atom stereocenters. The van der Waals surface area contributed by atoms with Crippen LogP contribution in [0.3, 0.4) is 0 Å². The van der Waals surface area contributed by atoms with E-state index in [1.807, 2.05) is 22.9 Å². The Labute approximate surface area is 174 Å². The number of hydrogen-bond acceptors (Lipinski definition) is 5. The Morgan fingerprint density at radius 1 is 1.20 bits per heavy atom. The number of hydrogen-bond donors (Lipinski definition) is 2. The molecule has 4 atom stereocenters. The first-order chi connectivity index (χ1) is 14.6. The molecule has 6 nitrogen and oxygen atoms in total. The standard InChI is InChI=1S/C23H24FN5O/c1-14(18-11-15-3-2-4-21(26-15)23(18)24)19-7-8-20(28-27-19)17-6-5-16(12-22(17)30)29-10-9-25-13-29/h5-10,12-13,15,18,21,23,26,30H,1-4,11H2/t15?,18-,21?,23+/m0/s1. The zero-order valence-electron chi connectivity index (χ0n) is 16.6. The van der Waals surface area contributed by atoms with Crippen LogP contribution in [0, 0.1) is 5.92 Å². The molecule has 0 radical (unpaired) electrons. The maximum absolute atomic E-state index is 15.0. The second-order valence-corrected chi connectivity index (χ2v) is 8.19. The number of nitrogens with zero attached hydrogens (tertiary/aromatic N) is 4. The van der Waals surface area contributed by atoms with Crippen molar-refractivity contribution >= 4 is 5.57 Å². The summed E-state index contributed by atoms with van der Waals surface area (Å²) < 4.78 is 16.8. The first kappa shape index (κ1) is 18.9. The van der Waals surface area contributed by atoms with Crippen LogP contribution in [0.15, 0.2) is 55.6 Å². The highest BCUT2D eigenvalue weighted by Gasteiger charge is 2.41. The van der Waals surface area contributed by atoms with E-state index >= 15 is 0 Å². The Balaban J connectivity index is 1.36. The van der Waals surface area contributed by atoms with Crippen LogP contribution in [-0.4, -0.2) is 43.1 Å². The fourth-order valence-electron chi connectivity index (χ4n) is 4.69. The number of benzene rings is 1. The molecule has 0 saturated carbocycles. The number of halogens is 1. The predicted molar refractivity (Wildman–Crippen MR) is 113 cm³/mol. The van der Waals surface area contributed by atoms with Crippen molar-refractivity contribution in [1.29, 1.82) is 0 Å². The summed E-state index contributed by atoms with van der Waals surface area (Å²) in [6, 6.07) is 9.23. The molecule has 0 aliphatic carbocycles. The minimum absolute atomic E-state index is 0.0857. The van der Waals surface area contributed by atoms with E-state index in [-0.39, 0.29) is 17.7 Å². The third-order valence-electron chi connectivity index (χ3n) is 6.33. The van der Waals surface area contributed by atoms with Gasteiger partial charge in [0.1, 0.15) is 11.9 Å². The topological polar surface area (TPSA) is 75.9 Å². The average molecular weight is 405 g/mol. The summed E-state index contributed by atoms with van der Waals surface area (Å²) in [4.78, 5) is 4.02. The summed E-state index contributed by atoms with van der Waals surface area (Å²) >= 11 is 0. The van der Waals surface area contributed by atoms with Gasteiger partial charge in [0.05, 0.1) is 23.4 Å². The summed E-state index contributed by atoms with van der Waals surface area (Å²) in [5.74, 6) is -0.123. The molecule has 2 fully saturated rings. The molecule has 2 aliphatic heterocycles. The quantitative estimate of drug-likeness (QED) is 0.688. The number of aromatic nitrogens is 4. The fraction of sp³-hybridized carbons (Fsp3) is 0.348. The highest BCUT2D eigenvalue weighted by Crippen LogP contribution is 2.39. The Morgan fingerprint density at radius 2 is 2.10 bits per heavy atom. The van der Waals surface area contributed by atoms with Gasteiger partial charge < -0.3 is 15.0 Å². The van der Waals surface area contributed by atoms with Crippen LogP contribution < -0.4 is 5.32 Å². The Hall–Kier alpha value is -3.06.